The first-order valence-corrected chi connectivity index (χ1v) is 7.44. The molecule has 0 atom stereocenters. The molecule has 1 heterocycles. The molecule has 0 radical (unpaired) electrons. The van der Waals surface area contributed by atoms with Crippen LogP contribution >= 0.6 is 27.7 Å². The fourth-order valence-corrected chi connectivity index (χ4v) is 3.33. The Morgan fingerprint density at radius 2 is 2.00 bits per heavy atom. The summed E-state index contributed by atoms with van der Waals surface area (Å²) in [6, 6.07) is 7.82. The fraction of sp³-hybridized carbons (Fsp3) is 0.214. The third kappa shape index (κ3) is 2.45. The number of pyridine rings is 1. The van der Waals surface area contributed by atoms with Crippen molar-refractivity contribution in [3.63, 3.8) is 0 Å². The summed E-state index contributed by atoms with van der Waals surface area (Å²) < 4.78 is 14.4. The van der Waals surface area contributed by atoms with Crippen LogP contribution in [0.15, 0.2) is 44.9 Å². The van der Waals surface area contributed by atoms with Crippen LogP contribution in [0.5, 0.6) is 0 Å². The smallest absolute Gasteiger partial charge is 0.156 e. The number of aryl methyl sites for hydroxylation is 2. The van der Waals surface area contributed by atoms with Gasteiger partial charge in [-0.25, -0.2) is 9.37 Å². The quantitative estimate of drug-likeness (QED) is 0.799. The van der Waals surface area contributed by atoms with E-state index in [1.54, 1.807) is 6.20 Å². The van der Waals surface area contributed by atoms with E-state index in [0.29, 0.717) is 9.50 Å². The van der Waals surface area contributed by atoms with Crippen molar-refractivity contribution in [2.24, 2.45) is 0 Å². The zero-order valence-corrected chi connectivity index (χ0v) is 12.0. The Hall–Kier alpha value is -0.870. The van der Waals surface area contributed by atoms with Gasteiger partial charge in [-0.15, -0.1) is 0 Å². The summed E-state index contributed by atoms with van der Waals surface area (Å²) in [5, 5.41) is 0.427. The summed E-state index contributed by atoms with van der Waals surface area (Å²) in [6.07, 6.45) is 5.16. The Balaban J connectivity index is 1.88. The largest absolute Gasteiger partial charge is 0.245 e. The van der Waals surface area contributed by atoms with Crippen LogP contribution in [-0.2, 0) is 12.8 Å². The first kappa shape index (κ1) is 12.2. The summed E-state index contributed by atoms with van der Waals surface area (Å²) in [6.45, 7) is 0. The molecule has 4 heteroatoms. The van der Waals surface area contributed by atoms with Crippen molar-refractivity contribution in [2.75, 3.05) is 0 Å². The minimum atomic E-state index is -0.283. The first-order chi connectivity index (χ1) is 8.72. The van der Waals surface area contributed by atoms with Crippen molar-refractivity contribution in [2.45, 2.75) is 29.2 Å². The highest BCUT2D eigenvalue weighted by atomic mass is 79.9. The molecule has 0 fully saturated rings. The average Bonchev–Trinajstić information content (AvgIpc) is 2.80. The normalized spacial score (nSPS) is 13.7. The third-order valence-corrected chi connectivity index (χ3v) is 4.48. The molecular formula is C14H11BrFNS. The van der Waals surface area contributed by atoms with Crippen LogP contribution < -0.4 is 0 Å². The van der Waals surface area contributed by atoms with Crippen LogP contribution in [0, 0.1) is 5.82 Å². The lowest BCUT2D eigenvalue weighted by Crippen LogP contribution is -1.88. The van der Waals surface area contributed by atoms with Crippen molar-refractivity contribution in [3.05, 3.63) is 51.9 Å². The van der Waals surface area contributed by atoms with E-state index in [0.717, 1.165) is 11.3 Å². The lowest BCUT2D eigenvalue weighted by atomic mass is 10.1. The minimum absolute atomic E-state index is 0.283. The molecule has 0 amide bonds. The molecule has 2 aromatic rings. The second kappa shape index (κ2) is 5.02. The van der Waals surface area contributed by atoms with Gasteiger partial charge in [0, 0.05) is 15.6 Å². The van der Waals surface area contributed by atoms with Gasteiger partial charge in [0.2, 0.25) is 0 Å². The minimum Gasteiger partial charge on any atom is -0.245 e. The lowest BCUT2D eigenvalue weighted by molar-refractivity contribution is 0.586. The van der Waals surface area contributed by atoms with Gasteiger partial charge in [-0.05, 0) is 64.5 Å². The monoisotopic (exact) mass is 323 g/mol. The SMILES string of the molecule is Fc1cc(Br)cnc1Sc1ccc2c(c1)CCC2. The van der Waals surface area contributed by atoms with Gasteiger partial charge in [-0.1, -0.05) is 17.8 Å². The number of rotatable bonds is 2. The van der Waals surface area contributed by atoms with E-state index in [-0.39, 0.29) is 5.82 Å². The standard InChI is InChI=1S/C14H11BrFNS/c15-11-7-13(16)14(17-8-11)18-12-5-4-9-2-1-3-10(9)6-12/h4-8H,1-3H2. The molecule has 1 aromatic carbocycles. The van der Waals surface area contributed by atoms with Gasteiger partial charge in [-0.3, -0.25) is 0 Å². The van der Waals surface area contributed by atoms with Gasteiger partial charge >= 0.3 is 0 Å². The molecular weight excluding hydrogens is 313 g/mol. The molecule has 0 unspecified atom stereocenters. The summed E-state index contributed by atoms with van der Waals surface area (Å²) in [5.74, 6) is -0.283. The topological polar surface area (TPSA) is 12.9 Å². The van der Waals surface area contributed by atoms with Crippen molar-refractivity contribution < 1.29 is 4.39 Å². The zero-order chi connectivity index (χ0) is 12.5. The number of aromatic nitrogens is 1. The van der Waals surface area contributed by atoms with E-state index >= 15 is 0 Å². The molecule has 1 nitrogen and oxygen atoms in total. The molecule has 18 heavy (non-hydrogen) atoms. The predicted octanol–water partition coefficient (Wildman–Crippen LogP) is 4.62. The molecule has 0 N–H and O–H groups in total. The van der Waals surface area contributed by atoms with E-state index in [1.807, 2.05) is 0 Å². The van der Waals surface area contributed by atoms with E-state index in [2.05, 4.69) is 39.1 Å². The van der Waals surface area contributed by atoms with E-state index in [4.69, 9.17) is 0 Å². The van der Waals surface area contributed by atoms with E-state index in [1.165, 1.54) is 41.8 Å². The van der Waals surface area contributed by atoms with Crippen LogP contribution in [0.1, 0.15) is 17.5 Å². The number of hydrogen-bond donors (Lipinski definition) is 0. The predicted molar refractivity (Wildman–Crippen MR) is 74.5 cm³/mol. The van der Waals surface area contributed by atoms with Crippen molar-refractivity contribution in [1.82, 2.24) is 4.98 Å². The Labute approximate surface area is 118 Å². The highest BCUT2D eigenvalue weighted by Gasteiger charge is 2.12. The summed E-state index contributed by atoms with van der Waals surface area (Å²) in [4.78, 5) is 5.17. The molecule has 0 saturated carbocycles. The average molecular weight is 324 g/mol. The molecule has 0 saturated heterocycles. The number of nitrogens with zero attached hydrogens (tertiary/aromatic N) is 1. The van der Waals surface area contributed by atoms with Gasteiger partial charge in [0.25, 0.3) is 0 Å². The van der Waals surface area contributed by atoms with Gasteiger partial charge in [0.1, 0.15) is 5.03 Å². The number of benzene rings is 1. The van der Waals surface area contributed by atoms with Gasteiger partial charge in [0.05, 0.1) is 0 Å². The second-order valence-electron chi connectivity index (χ2n) is 4.33. The van der Waals surface area contributed by atoms with Crippen molar-refractivity contribution >= 4 is 27.7 Å². The van der Waals surface area contributed by atoms with Crippen LogP contribution in [-0.4, -0.2) is 4.98 Å². The summed E-state index contributed by atoms with van der Waals surface area (Å²) in [5.41, 5.74) is 2.83. The number of hydrogen-bond acceptors (Lipinski definition) is 2. The molecule has 0 bridgehead atoms. The Kier molecular flexibility index (Phi) is 3.39. The summed E-state index contributed by atoms with van der Waals surface area (Å²) >= 11 is 4.59. The molecule has 92 valence electrons. The maximum Gasteiger partial charge on any atom is 0.156 e. The highest BCUT2D eigenvalue weighted by molar-refractivity contribution is 9.10. The number of halogens is 2. The number of fused-ring (bicyclic) bond motifs is 1. The maximum absolute atomic E-state index is 13.7. The van der Waals surface area contributed by atoms with Gasteiger partial charge in [-0.2, -0.15) is 0 Å². The molecule has 3 rings (SSSR count). The van der Waals surface area contributed by atoms with Crippen molar-refractivity contribution in [1.29, 1.82) is 0 Å². The Bertz CT molecular complexity index is 600. The third-order valence-electron chi connectivity index (χ3n) is 3.06. The molecule has 0 aliphatic heterocycles. The van der Waals surface area contributed by atoms with Gasteiger partial charge in [0.15, 0.2) is 5.82 Å². The molecule has 1 aromatic heterocycles. The molecule has 1 aliphatic carbocycles. The Morgan fingerprint density at radius 3 is 2.83 bits per heavy atom. The van der Waals surface area contributed by atoms with Crippen molar-refractivity contribution in [3.8, 4) is 0 Å². The first-order valence-electron chi connectivity index (χ1n) is 5.83. The fourth-order valence-electron chi connectivity index (χ4n) is 2.20. The summed E-state index contributed by atoms with van der Waals surface area (Å²) in [7, 11) is 0. The highest BCUT2D eigenvalue weighted by Crippen LogP contribution is 2.32. The van der Waals surface area contributed by atoms with Crippen LogP contribution in [0.3, 0.4) is 0 Å². The van der Waals surface area contributed by atoms with Crippen LogP contribution in [0.4, 0.5) is 4.39 Å². The van der Waals surface area contributed by atoms with E-state index in [9.17, 15) is 4.39 Å². The zero-order valence-electron chi connectivity index (χ0n) is 9.62. The Morgan fingerprint density at radius 1 is 1.17 bits per heavy atom. The lowest BCUT2D eigenvalue weighted by Gasteiger charge is -2.05. The maximum atomic E-state index is 13.7. The van der Waals surface area contributed by atoms with Gasteiger partial charge < -0.3 is 0 Å². The molecule has 0 spiro atoms. The van der Waals surface area contributed by atoms with Crippen LogP contribution in [0.2, 0.25) is 0 Å². The van der Waals surface area contributed by atoms with Crippen LogP contribution in [0.25, 0.3) is 0 Å². The second-order valence-corrected chi connectivity index (χ2v) is 6.30. The van der Waals surface area contributed by atoms with E-state index < -0.39 is 0 Å². The molecule has 1 aliphatic rings.